The molecule has 1 fully saturated rings. The van der Waals surface area contributed by atoms with Crippen molar-refractivity contribution in [1.29, 1.82) is 0 Å². The third kappa shape index (κ3) is 3.32. The van der Waals surface area contributed by atoms with E-state index in [1.54, 1.807) is 0 Å². The van der Waals surface area contributed by atoms with Gasteiger partial charge < -0.3 is 10.1 Å². The zero-order chi connectivity index (χ0) is 13.1. The molecule has 0 spiro atoms. The Bertz CT molecular complexity index is 456. The van der Waals surface area contributed by atoms with E-state index in [1.807, 2.05) is 11.4 Å². The van der Waals surface area contributed by atoms with Crippen molar-refractivity contribution in [3.63, 3.8) is 0 Å². The standard InChI is InChI=1S/C12H14BrNO3S/c1-17-10(15)6-9(7-2-3-7)14-12(16)11-8(13)4-5-18-11/h4-5,7,9H,2-3,6H2,1H3,(H,14,16). The van der Waals surface area contributed by atoms with Gasteiger partial charge in [-0.2, -0.15) is 0 Å². The highest BCUT2D eigenvalue weighted by atomic mass is 79.9. The second-order valence-electron chi connectivity index (χ2n) is 4.30. The monoisotopic (exact) mass is 331 g/mol. The summed E-state index contributed by atoms with van der Waals surface area (Å²) in [4.78, 5) is 24.0. The molecule has 1 aromatic rings. The van der Waals surface area contributed by atoms with Crippen molar-refractivity contribution in [3.05, 3.63) is 20.8 Å². The Morgan fingerprint density at radius 3 is 2.83 bits per heavy atom. The first-order valence-corrected chi connectivity index (χ1v) is 7.39. The maximum absolute atomic E-state index is 12.1. The maximum Gasteiger partial charge on any atom is 0.307 e. The fraction of sp³-hybridized carbons (Fsp3) is 0.500. The predicted molar refractivity (Wildman–Crippen MR) is 72.6 cm³/mol. The predicted octanol–water partition coefficient (Wildman–Crippen LogP) is 2.58. The third-order valence-corrected chi connectivity index (χ3v) is 4.78. The molecule has 0 aromatic carbocycles. The Balaban J connectivity index is 1.98. The Hall–Kier alpha value is -0.880. The van der Waals surface area contributed by atoms with Gasteiger partial charge >= 0.3 is 5.97 Å². The summed E-state index contributed by atoms with van der Waals surface area (Å²) < 4.78 is 5.45. The van der Waals surface area contributed by atoms with Crippen LogP contribution in [0, 0.1) is 5.92 Å². The van der Waals surface area contributed by atoms with Crippen molar-refractivity contribution >= 4 is 39.1 Å². The zero-order valence-electron chi connectivity index (χ0n) is 9.94. The highest BCUT2D eigenvalue weighted by Gasteiger charge is 2.34. The number of carbonyl (C=O) groups is 2. The van der Waals surface area contributed by atoms with Crippen LogP contribution in [-0.4, -0.2) is 25.0 Å². The van der Waals surface area contributed by atoms with Gasteiger partial charge in [-0.25, -0.2) is 0 Å². The zero-order valence-corrected chi connectivity index (χ0v) is 12.3. The molecular formula is C12H14BrNO3S. The molecule has 1 aliphatic rings. The second kappa shape index (κ2) is 5.84. The quantitative estimate of drug-likeness (QED) is 0.843. The van der Waals surface area contributed by atoms with Crippen LogP contribution in [0.4, 0.5) is 0 Å². The lowest BCUT2D eigenvalue weighted by atomic mass is 10.1. The number of hydrogen-bond donors (Lipinski definition) is 1. The van der Waals surface area contributed by atoms with E-state index in [2.05, 4.69) is 26.0 Å². The van der Waals surface area contributed by atoms with Gasteiger partial charge in [0.2, 0.25) is 0 Å². The minimum absolute atomic E-state index is 0.112. The van der Waals surface area contributed by atoms with Crippen molar-refractivity contribution in [2.45, 2.75) is 25.3 Å². The van der Waals surface area contributed by atoms with Gasteiger partial charge in [0.25, 0.3) is 5.91 Å². The first-order chi connectivity index (χ1) is 8.61. The summed E-state index contributed by atoms with van der Waals surface area (Å²) >= 11 is 4.71. The molecule has 0 radical (unpaired) electrons. The summed E-state index contributed by atoms with van der Waals surface area (Å²) in [5.74, 6) is 0.00177. The molecule has 0 aliphatic heterocycles. The van der Waals surface area contributed by atoms with E-state index >= 15 is 0 Å². The van der Waals surface area contributed by atoms with Gasteiger partial charge in [0.1, 0.15) is 4.88 Å². The lowest BCUT2D eigenvalue weighted by molar-refractivity contribution is -0.141. The van der Waals surface area contributed by atoms with Crippen LogP contribution >= 0.6 is 27.3 Å². The molecule has 98 valence electrons. The van der Waals surface area contributed by atoms with Gasteiger partial charge in [-0.3, -0.25) is 9.59 Å². The fourth-order valence-corrected chi connectivity index (χ4v) is 3.24. The number of hydrogen-bond acceptors (Lipinski definition) is 4. The van der Waals surface area contributed by atoms with Crippen molar-refractivity contribution in [1.82, 2.24) is 5.32 Å². The number of carbonyl (C=O) groups excluding carboxylic acids is 2. The van der Waals surface area contributed by atoms with E-state index in [0.29, 0.717) is 10.8 Å². The molecular weight excluding hydrogens is 318 g/mol. The Morgan fingerprint density at radius 2 is 2.33 bits per heavy atom. The number of rotatable bonds is 5. The van der Waals surface area contributed by atoms with Gasteiger partial charge in [0, 0.05) is 10.5 Å². The molecule has 1 atom stereocenters. The molecule has 1 unspecified atom stereocenters. The third-order valence-electron chi connectivity index (χ3n) is 2.95. The largest absolute Gasteiger partial charge is 0.469 e. The molecule has 1 heterocycles. The number of methoxy groups -OCH3 is 1. The van der Waals surface area contributed by atoms with E-state index in [1.165, 1.54) is 18.4 Å². The molecule has 1 saturated carbocycles. The van der Waals surface area contributed by atoms with E-state index in [-0.39, 0.29) is 24.3 Å². The molecule has 1 N–H and O–H groups in total. The smallest absolute Gasteiger partial charge is 0.307 e. The van der Waals surface area contributed by atoms with Crippen LogP contribution in [0.2, 0.25) is 0 Å². The van der Waals surface area contributed by atoms with Crippen LogP contribution in [0.5, 0.6) is 0 Å². The van der Waals surface area contributed by atoms with Crippen LogP contribution in [-0.2, 0) is 9.53 Å². The van der Waals surface area contributed by atoms with Crippen LogP contribution in [0.3, 0.4) is 0 Å². The normalized spacial score (nSPS) is 16.1. The van der Waals surface area contributed by atoms with E-state index < -0.39 is 0 Å². The van der Waals surface area contributed by atoms with Gasteiger partial charge in [0.05, 0.1) is 13.5 Å². The lowest BCUT2D eigenvalue weighted by Crippen LogP contribution is -2.38. The highest BCUT2D eigenvalue weighted by Crippen LogP contribution is 2.34. The number of halogens is 1. The molecule has 0 bridgehead atoms. The fourth-order valence-electron chi connectivity index (χ4n) is 1.79. The first kappa shape index (κ1) is 13.5. The van der Waals surface area contributed by atoms with Crippen molar-refractivity contribution < 1.29 is 14.3 Å². The number of thiophene rings is 1. The number of amides is 1. The highest BCUT2D eigenvalue weighted by molar-refractivity contribution is 9.10. The van der Waals surface area contributed by atoms with E-state index in [9.17, 15) is 9.59 Å². The van der Waals surface area contributed by atoms with Crippen LogP contribution in [0.1, 0.15) is 28.9 Å². The van der Waals surface area contributed by atoms with Gasteiger partial charge in [-0.1, -0.05) is 0 Å². The SMILES string of the molecule is COC(=O)CC(NC(=O)c1sccc1Br)C1CC1. The van der Waals surface area contributed by atoms with Gasteiger partial charge in [-0.15, -0.1) is 11.3 Å². The maximum atomic E-state index is 12.1. The average Bonchev–Trinajstić information content (AvgIpc) is 3.10. The molecule has 6 heteroatoms. The Morgan fingerprint density at radius 1 is 1.61 bits per heavy atom. The average molecular weight is 332 g/mol. The van der Waals surface area contributed by atoms with Gasteiger partial charge in [0.15, 0.2) is 0 Å². The van der Waals surface area contributed by atoms with Crippen molar-refractivity contribution in [2.75, 3.05) is 7.11 Å². The molecule has 18 heavy (non-hydrogen) atoms. The summed E-state index contributed by atoms with van der Waals surface area (Å²) in [6.07, 6.45) is 2.37. The van der Waals surface area contributed by atoms with Crippen LogP contribution in [0.15, 0.2) is 15.9 Å². The number of esters is 1. The summed E-state index contributed by atoms with van der Waals surface area (Å²) in [5.41, 5.74) is 0. The minimum atomic E-state index is -0.280. The molecule has 2 rings (SSSR count). The summed E-state index contributed by atoms with van der Waals surface area (Å²) in [6, 6.07) is 1.73. The molecule has 1 aliphatic carbocycles. The lowest BCUT2D eigenvalue weighted by Gasteiger charge is -2.16. The van der Waals surface area contributed by atoms with Crippen LogP contribution in [0.25, 0.3) is 0 Å². The molecule has 1 aromatic heterocycles. The van der Waals surface area contributed by atoms with Crippen molar-refractivity contribution in [3.8, 4) is 0 Å². The number of ether oxygens (including phenoxy) is 1. The molecule has 4 nitrogen and oxygen atoms in total. The first-order valence-electron chi connectivity index (χ1n) is 5.72. The van der Waals surface area contributed by atoms with E-state index in [0.717, 1.165) is 17.3 Å². The van der Waals surface area contributed by atoms with E-state index in [4.69, 9.17) is 0 Å². The molecule has 0 saturated heterocycles. The summed E-state index contributed by atoms with van der Waals surface area (Å²) in [5, 5.41) is 4.78. The Labute approximate surface area is 118 Å². The molecule has 1 amide bonds. The number of nitrogens with one attached hydrogen (secondary N) is 1. The van der Waals surface area contributed by atoms with Crippen molar-refractivity contribution in [2.24, 2.45) is 5.92 Å². The Kier molecular flexibility index (Phi) is 4.40. The summed E-state index contributed by atoms with van der Waals surface area (Å²) in [7, 11) is 1.37. The second-order valence-corrected chi connectivity index (χ2v) is 6.07. The van der Waals surface area contributed by atoms with Crippen LogP contribution < -0.4 is 5.32 Å². The topological polar surface area (TPSA) is 55.4 Å². The summed E-state index contributed by atoms with van der Waals surface area (Å²) in [6.45, 7) is 0. The van der Waals surface area contributed by atoms with Gasteiger partial charge in [-0.05, 0) is 46.1 Å². The minimum Gasteiger partial charge on any atom is -0.469 e.